The molecule has 1 rings (SSSR count). The number of nitro benzene ring substituents is 1. The number of benzene rings is 1. The van der Waals surface area contributed by atoms with Crippen molar-refractivity contribution in [1.82, 2.24) is 0 Å². The van der Waals surface area contributed by atoms with Crippen LogP contribution in [0.15, 0.2) is 18.2 Å². The molecule has 2 N–H and O–H groups in total. The van der Waals surface area contributed by atoms with E-state index < -0.39 is 27.9 Å². The first-order valence-electron chi connectivity index (χ1n) is 5.72. The lowest BCUT2D eigenvalue weighted by molar-refractivity contribution is -0.387. The average Bonchev–Trinajstić information content (AvgIpc) is 2.37. The fourth-order valence-corrected chi connectivity index (χ4v) is 1.44. The fourth-order valence-electron chi connectivity index (χ4n) is 1.44. The SMILES string of the molecule is COC(=O)C(C)(N)CCOc1ccc([N+](=O)[O-])c(F)c1. The third-order valence-electron chi connectivity index (χ3n) is 2.66. The van der Waals surface area contributed by atoms with E-state index in [-0.39, 0.29) is 18.8 Å². The highest BCUT2D eigenvalue weighted by molar-refractivity contribution is 5.79. The lowest BCUT2D eigenvalue weighted by atomic mass is 10.0. The molecule has 1 unspecified atom stereocenters. The molecule has 0 saturated heterocycles. The average molecular weight is 286 g/mol. The van der Waals surface area contributed by atoms with Crippen LogP contribution in [0.5, 0.6) is 5.75 Å². The van der Waals surface area contributed by atoms with Gasteiger partial charge in [0.15, 0.2) is 0 Å². The van der Waals surface area contributed by atoms with Crippen LogP contribution in [0.3, 0.4) is 0 Å². The van der Waals surface area contributed by atoms with Crippen LogP contribution in [-0.2, 0) is 9.53 Å². The second-order valence-corrected chi connectivity index (χ2v) is 4.38. The summed E-state index contributed by atoms with van der Waals surface area (Å²) in [6.45, 7) is 1.53. The zero-order valence-electron chi connectivity index (χ0n) is 11.1. The van der Waals surface area contributed by atoms with Crippen LogP contribution in [0.25, 0.3) is 0 Å². The van der Waals surface area contributed by atoms with E-state index in [9.17, 15) is 19.3 Å². The summed E-state index contributed by atoms with van der Waals surface area (Å²) >= 11 is 0. The molecule has 0 radical (unpaired) electrons. The fraction of sp³-hybridized carbons (Fsp3) is 0.417. The summed E-state index contributed by atoms with van der Waals surface area (Å²) in [6, 6.07) is 3.18. The predicted octanol–water partition coefficient (Wildman–Crippen LogP) is 1.39. The van der Waals surface area contributed by atoms with Gasteiger partial charge in [-0.1, -0.05) is 0 Å². The van der Waals surface area contributed by atoms with E-state index in [1.54, 1.807) is 0 Å². The van der Waals surface area contributed by atoms with Gasteiger partial charge in [0.2, 0.25) is 5.82 Å². The molecule has 7 nitrogen and oxygen atoms in total. The summed E-state index contributed by atoms with van der Waals surface area (Å²) in [6.07, 6.45) is 0.151. The zero-order valence-corrected chi connectivity index (χ0v) is 11.1. The van der Waals surface area contributed by atoms with Gasteiger partial charge in [0.25, 0.3) is 0 Å². The number of halogens is 1. The molecule has 0 saturated carbocycles. The Balaban J connectivity index is 2.61. The second-order valence-electron chi connectivity index (χ2n) is 4.38. The summed E-state index contributed by atoms with van der Waals surface area (Å²) in [7, 11) is 1.22. The highest BCUT2D eigenvalue weighted by atomic mass is 19.1. The van der Waals surface area contributed by atoms with Crippen molar-refractivity contribution >= 4 is 11.7 Å². The van der Waals surface area contributed by atoms with Crippen molar-refractivity contribution in [3.05, 3.63) is 34.1 Å². The Morgan fingerprint density at radius 2 is 2.20 bits per heavy atom. The van der Waals surface area contributed by atoms with Gasteiger partial charge in [-0.3, -0.25) is 14.9 Å². The maximum absolute atomic E-state index is 13.3. The minimum absolute atomic E-state index is 0.0410. The Kier molecular flexibility index (Phi) is 4.98. The molecule has 0 aliphatic rings. The standard InChI is InChI=1S/C12H15FN2O5/c1-12(14,11(16)19-2)5-6-20-8-3-4-10(15(17)18)9(13)7-8/h3-4,7H,5-6,14H2,1-2H3. The maximum Gasteiger partial charge on any atom is 0.325 e. The number of carbonyl (C=O) groups excluding carboxylic acids is 1. The summed E-state index contributed by atoms with van der Waals surface area (Å²) in [5, 5.41) is 10.4. The quantitative estimate of drug-likeness (QED) is 0.481. The van der Waals surface area contributed by atoms with Crippen molar-refractivity contribution in [2.45, 2.75) is 18.9 Å². The first-order chi connectivity index (χ1) is 9.27. The summed E-state index contributed by atoms with van der Waals surface area (Å²) in [5.74, 6) is -1.46. The first kappa shape index (κ1) is 15.8. The molecule has 1 aromatic rings. The monoisotopic (exact) mass is 286 g/mol. The lowest BCUT2D eigenvalue weighted by Crippen LogP contribution is -2.46. The second kappa shape index (κ2) is 6.29. The number of nitro groups is 1. The molecule has 0 bridgehead atoms. The highest BCUT2D eigenvalue weighted by Gasteiger charge is 2.29. The van der Waals surface area contributed by atoms with Crippen molar-refractivity contribution in [3.8, 4) is 5.75 Å². The Morgan fingerprint density at radius 3 is 2.70 bits per heavy atom. The smallest absolute Gasteiger partial charge is 0.325 e. The Bertz CT molecular complexity index is 519. The molecule has 1 atom stereocenters. The Hall–Kier alpha value is -2.22. The largest absolute Gasteiger partial charge is 0.493 e. The van der Waals surface area contributed by atoms with Gasteiger partial charge in [0.1, 0.15) is 11.3 Å². The van der Waals surface area contributed by atoms with E-state index in [1.807, 2.05) is 0 Å². The highest BCUT2D eigenvalue weighted by Crippen LogP contribution is 2.22. The van der Waals surface area contributed by atoms with Gasteiger partial charge >= 0.3 is 11.7 Å². The lowest BCUT2D eigenvalue weighted by Gasteiger charge is -2.21. The van der Waals surface area contributed by atoms with Gasteiger partial charge in [-0.15, -0.1) is 0 Å². The number of nitrogens with zero attached hydrogens (tertiary/aromatic N) is 1. The first-order valence-corrected chi connectivity index (χ1v) is 5.72. The number of esters is 1. The molecule has 1 aromatic carbocycles. The van der Waals surface area contributed by atoms with Crippen LogP contribution in [-0.4, -0.2) is 30.1 Å². The minimum atomic E-state index is -1.21. The van der Waals surface area contributed by atoms with Crippen LogP contribution in [0.1, 0.15) is 13.3 Å². The van der Waals surface area contributed by atoms with Gasteiger partial charge < -0.3 is 15.2 Å². The molecule has 0 aromatic heterocycles. The molecule has 0 spiro atoms. The van der Waals surface area contributed by atoms with E-state index in [0.717, 1.165) is 12.1 Å². The molecule has 20 heavy (non-hydrogen) atoms. The predicted molar refractivity (Wildman–Crippen MR) is 67.8 cm³/mol. The Morgan fingerprint density at radius 1 is 1.55 bits per heavy atom. The molecule has 0 fully saturated rings. The van der Waals surface area contributed by atoms with Crippen molar-refractivity contribution in [3.63, 3.8) is 0 Å². The van der Waals surface area contributed by atoms with Gasteiger partial charge in [-0.2, -0.15) is 4.39 Å². The van der Waals surface area contributed by atoms with E-state index in [4.69, 9.17) is 10.5 Å². The van der Waals surface area contributed by atoms with E-state index in [2.05, 4.69) is 4.74 Å². The molecule has 8 heteroatoms. The molecule has 0 aliphatic heterocycles. The molecule has 0 heterocycles. The molecular weight excluding hydrogens is 271 g/mol. The van der Waals surface area contributed by atoms with Crippen molar-refractivity contribution in [1.29, 1.82) is 0 Å². The van der Waals surface area contributed by atoms with Gasteiger partial charge in [0, 0.05) is 18.6 Å². The molecule has 0 amide bonds. The number of carbonyl (C=O) groups is 1. The maximum atomic E-state index is 13.3. The number of nitrogens with two attached hydrogens (primary N) is 1. The van der Waals surface area contributed by atoms with E-state index in [0.29, 0.717) is 0 Å². The van der Waals surface area contributed by atoms with Gasteiger partial charge in [-0.05, 0) is 13.0 Å². The number of hydrogen-bond acceptors (Lipinski definition) is 6. The van der Waals surface area contributed by atoms with Crippen molar-refractivity contribution in [2.24, 2.45) is 5.73 Å². The third kappa shape index (κ3) is 3.89. The third-order valence-corrected chi connectivity index (χ3v) is 2.66. The summed E-state index contributed by atoms with van der Waals surface area (Å²) in [5.41, 5.74) is 3.87. The van der Waals surface area contributed by atoms with Crippen molar-refractivity contribution in [2.75, 3.05) is 13.7 Å². The van der Waals surface area contributed by atoms with Crippen LogP contribution >= 0.6 is 0 Å². The van der Waals surface area contributed by atoms with E-state index >= 15 is 0 Å². The molecular formula is C12H15FN2O5. The summed E-state index contributed by atoms with van der Waals surface area (Å²) in [4.78, 5) is 20.9. The number of hydrogen-bond donors (Lipinski definition) is 1. The number of rotatable bonds is 6. The minimum Gasteiger partial charge on any atom is -0.493 e. The normalized spacial score (nSPS) is 13.4. The van der Waals surface area contributed by atoms with E-state index in [1.165, 1.54) is 20.1 Å². The summed E-state index contributed by atoms with van der Waals surface area (Å²) < 4.78 is 23.1. The zero-order chi connectivity index (χ0) is 15.3. The molecule has 110 valence electrons. The van der Waals surface area contributed by atoms with Gasteiger partial charge in [-0.25, -0.2) is 0 Å². The van der Waals surface area contributed by atoms with Crippen LogP contribution in [0.2, 0.25) is 0 Å². The topological polar surface area (TPSA) is 105 Å². The number of methoxy groups -OCH3 is 1. The number of ether oxygens (including phenoxy) is 2. The van der Waals surface area contributed by atoms with Crippen LogP contribution < -0.4 is 10.5 Å². The Labute approximate surface area is 114 Å². The van der Waals surface area contributed by atoms with Crippen LogP contribution in [0, 0.1) is 15.9 Å². The van der Waals surface area contributed by atoms with Crippen molar-refractivity contribution < 1.29 is 23.6 Å². The van der Waals surface area contributed by atoms with Gasteiger partial charge in [0.05, 0.1) is 18.6 Å². The van der Waals surface area contributed by atoms with Crippen LogP contribution in [0.4, 0.5) is 10.1 Å². The molecule has 0 aliphatic carbocycles.